The number of sulfone groups is 1. The van der Waals surface area contributed by atoms with E-state index in [2.05, 4.69) is 31.0 Å². The normalized spacial score (nSPS) is 29.5. The Balaban J connectivity index is 2.75. The molecular formula is C12H26N2O2S. The fourth-order valence-corrected chi connectivity index (χ4v) is 3.68. The molecule has 0 aliphatic carbocycles. The van der Waals surface area contributed by atoms with Gasteiger partial charge in [-0.1, -0.05) is 13.8 Å². The summed E-state index contributed by atoms with van der Waals surface area (Å²) in [6, 6.07) is 0.969. The van der Waals surface area contributed by atoms with Gasteiger partial charge in [0.15, 0.2) is 0 Å². The van der Waals surface area contributed by atoms with Gasteiger partial charge in [0.25, 0.3) is 0 Å². The molecule has 1 saturated heterocycles. The summed E-state index contributed by atoms with van der Waals surface area (Å²) in [6.45, 7) is 10.4. The average molecular weight is 262 g/mol. The lowest BCUT2D eigenvalue weighted by molar-refractivity contribution is 0.0743. The van der Waals surface area contributed by atoms with E-state index in [0.717, 1.165) is 13.1 Å². The molecule has 3 atom stereocenters. The first-order valence-electron chi connectivity index (χ1n) is 6.37. The van der Waals surface area contributed by atoms with E-state index in [0.29, 0.717) is 18.0 Å². The van der Waals surface area contributed by atoms with Gasteiger partial charge in [0.1, 0.15) is 9.84 Å². The Kier molecular flexibility index (Phi) is 4.98. The molecule has 0 radical (unpaired) electrons. The molecule has 1 heterocycles. The highest BCUT2D eigenvalue weighted by Crippen LogP contribution is 2.18. The number of nitrogens with one attached hydrogen (secondary N) is 1. The van der Waals surface area contributed by atoms with Gasteiger partial charge in [-0.15, -0.1) is 0 Å². The third kappa shape index (κ3) is 4.56. The van der Waals surface area contributed by atoms with Crippen molar-refractivity contribution in [2.24, 2.45) is 5.92 Å². The zero-order valence-electron chi connectivity index (χ0n) is 11.6. The summed E-state index contributed by atoms with van der Waals surface area (Å²) in [6.07, 6.45) is 1.32. The summed E-state index contributed by atoms with van der Waals surface area (Å²) >= 11 is 0. The van der Waals surface area contributed by atoms with Crippen molar-refractivity contribution in [1.82, 2.24) is 10.2 Å². The summed E-state index contributed by atoms with van der Waals surface area (Å²) < 4.78 is 22.8. The summed E-state index contributed by atoms with van der Waals surface area (Å²) in [7, 11) is -2.90. The molecule has 17 heavy (non-hydrogen) atoms. The van der Waals surface area contributed by atoms with E-state index in [-0.39, 0.29) is 11.8 Å². The van der Waals surface area contributed by atoms with E-state index in [1.807, 2.05) is 6.92 Å². The second-order valence-electron chi connectivity index (χ2n) is 5.76. The van der Waals surface area contributed by atoms with E-state index in [1.165, 1.54) is 6.26 Å². The Bertz CT molecular complexity index is 340. The molecule has 1 aliphatic heterocycles. The maximum atomic E-state index is 11.4. The second kappa shape index (κ2) is 5.67. The lowest BCUT2D eigenvalue weighted by Gasteiger charge is -2.44. The van der Waals surface area contributed by atoms with Crippen LogP contribution in [0, 0.1) is 5.92 Å². The Morgan fingerprint density at radius 3 is 2.41 bits per heavy atom. The summed E-state index contributed by atoms with van der Waals surface area (Å²) in [5, 5.41) is 3.47. The van der Waals surface area contributed by atoms with Crippen LogP contribution in [0.4, 0.5) is 0 Å². The number of hydrogen-bond acceptors (Lipinski definition) is 4. The number of piperazine rings is 1. The number of nitrogens with zero attached hydrogens (tertiary/aromatic N) is 1. The third-order valence-electron chi connectivity index (χ3n) is 3.47. The van der Waals surface area contributed by atoms with E-state index < -0.39 is 9.84 Å². The van der Waals surface area contributed by atoms with Crippen molar-refractivity contribution in [3.8, 4) is 0 Å². The predicted molar refractivity (Wildman–Crippen MR) is 72.0 cm³/mol. The molecular weight excluding hydrogens is 236 g/mol. The topological polar surface area (TPSA) is 49.4 Å². The van der Waals surface area contributed by atoms with Gasteiger partial charge in [0.05, 0.1) is 5.75 Å². The van der Waals surface area contributed by atoms with Crippen molar-refractivity contribution in [3.05, 3.63) is 0 Å². The Morgan fingerprint density at radius 1 is 1.35 bits per heavy atom. The monoisotopic (exact) mass is 262 g/mol. The average Bonchev–Trinajstić information content (AvgIpc) is 2.14. The minimum absolute atomic E-state index is 0.0990. The van der Waals surface area contributed by atoms with Gasteiger partial charge >= 0.3 is 0 Å². The summed E-state index contributed by atoms with van der Waals surface area (Å²) in [5.41, 5.74) is 0. The molecule has 0 aromatic carbocycles. The Labute approximate surface area is 106 Å². The highest BCUT2D eigenvalue weighted by Gasteiger charge is 2.32. The molecule has 0 bridgehead atoms. The molecule has 0 spiro atoms. The quantitative estimate of drug-likeness (QED) is 0.812. The Hall–Kier alpha value is -0.130. The number of rotatable bonds is 4. The molecule has 102 valence electrons. The van der Waals surface area contributed by atoms with Crippen LogP contribution in [0.2, 0.25) is 0 Å². The SMILES string of the molecule is CC1CN(C(C)CS(C)(=O)=O)C(C(C)C)CN1. The second-order valence-corrected chi connectivity index (χ2v) is 7.94. The molecule has 1 aliphatic rings. The first-order valence-corrected chi connectivity index (χ1v) is 8.43. The van der Waals surface area contributed by atoms with Gasteiger partial charge in [0, 0.05) is 37.5 Å². The smallest absolute Gasteiger partial charge is 0.148 e. The number of hydrogen-bond donors (Lipinski definition) is 1. The minimum Gasteiger partial charge on any atom is -0.311 e. The molecule has 1 rings (SSSR count). The fourth-order valence-electron chi connectivity index (χ4n) is 2.61. The standard InChI is InChI=1S/C12H26N2O2S/c1-9(2)12-6-13-10(3)7-14(12)11(4)8-17(5,15)16/h9-13H,6-8H2,1-5H3. The van der Waals surface area contributed by atoms with Crippen LogP contribution in [0.1, 0.15) is 27.7 Å². The van der Waals surface area contributed by atoms with Crippen molar-refractivity contribution in [3.63, 3.8) is 0 Å². The predicted octanol–water partition coefficient (Wildman–Crippen LogP) is 0.738. The van der Waals surface area contributed by atoms with Gasteiger partial charge in [-0.3, -0.25) is 4.90 Å². The van der Waals surface area contributed by atoms with Crippen LogP contribution in [0.25, 0.3) is 0 Å². The lowest BCUT2D eigenvalue weighted by Crippen LogP contribution is -2.60. The van der Waals surface area contributed by atoms with E-state index in [4.69, 9.17) is 0 Å². The molecule has 1 N–H and O–H groups in total. The highest BCUT2D eigenvalue weighted by molar-refractivity contribution is 7.90. The van der Waals surface area contributed by atoms with Crippen LogP contribution >= 0.6 is 0 Å². The van der Waals surface area contributed by atoms with Gasteiger partial charge in [-0.2, -0.15) is 0 Å². The van der Waals surface area contributed by atoms with Crippen LogP contribution < -0.4 is 5.32 Å². The zero-order chi connectivity index (χ0) is 13.2. The molecule has 4 nitrogen and oxygen atoms in total. The first kappa shape index (κ1) is 14.9. The van der Waals surface area contributed by atoms with Crippen molar-refractivity contribution in [2.45, 2.75) is 45.8 Å². The summed E-state index contributed by atoms with van der Waals surface area (Å²) in [4.78, 5) is 2.35. The zero-order valence-corrected chi connectivity index (χ0v) is 12.4. The molecule has 1 fully saturated rings. The van der Waals surface area contributed by atoms with E-state index in [9.17, 15) is 8.42 Å². The van der Waals surface area contributed by atoms with Crippen LogP contribution in [-0.2, 0) is 9.84 Å². The van der Waals surface area contributed by atoms with Crippen molar-refractivity contribution in [1.29, 1.82) is 0 Å². The third-order valence-corrected chi connectivity index (χ3v) is 4.55. The maximum absolute atomic E-state index is 11.4. The van der Waals surface area contributed by atoms with Crippen LogP contribution in [0.3, 0.4) is 0 Å². The largest absolute Gasteiger partial charge is 0.311 e. The maximum Gasteiger partial charge on any atom is 0.148 e. The van der Waals surface area contributed by atoms with E-state index in [1.54, 1.807) is 0 Å². The van der Waals surface area contributed by atoms with Crippen LogP contribution in [0.5, 0.6) is 0 Å². The first-order chi connectivity index (χ1) is 7.70. The van der Waals surface area contributed by atoms with Crippen molar-refractivity contribution < 1.29 is 8.42 Å². The molecule has 0 amide bonds. The van der Waals surface area contributed by atoms with Crippen molar-refractivity contribution >= 4 is 9.84 Å². The summed E-state index contributed by atoms with van der Waals surface area (Å²) in [5.74, 6) is 0.792. The molecule has 0 aromatic heterocycles. The molecule has 0 saturated carbocycles. The van der Waals surface area contributed by atoms with Gasteiger partial charge < -0.3 is 5.32 Å². The van der Waals surface area contributed by atoms with Gasteiger partial charge in [-0.25, -0.2) is 8.42 Å². The van der Waals surface area contributed by atoms with Crippen molar-refractivity contribution in [2.75, 3.05) is 25.1 Å². The minimum atomic E-state index is -2.90. The lowest BCUT2D eigenvalue weighted by atomic mass is 9.97. The van der Waals surface area contributed by atoms with E-state index >= 15 is 0 Å². The van der Waals surface area contributed by atoms with Crippen LogP contribution in [0.15, 0.2) is 0 Å². The van der Waals surface area contributed by atoms with Gasteiger partial charge in [-0.05, 0) is 19.8 Å². The Morgan fingerprint density at radius 2 is 1.94 bits per heavy atom. The molecule has 5 heteroatoms. The van der Waals surface area contributed by atoms with Gasteiger partial charge in [0.2, 0.25) is 0 Å². The molecule has 3 unspecified atom stereocenters. The van der Waals surface area contributed by atoms with Crippen LogP contribution in [-0.4, -0.2) is 56.5 Å². The fraction of sp³-hybridized carbons (Fsp3) is 1.00. The highest BCUT2D eigenvalue weighted by atomic mass is 32.2. The molecule has 0 aromatic rings.